The van der Waals surface area contributed by atoms with Crippen LogP contribution in [0.3, 0.4) is 0 Å². The van der Waals surface area contributed by atoms with Gasteiger partial charge in [0.05, 0.1) is 17.8 Å². The highest BCUT2D eigenvalue weighted by Crippen LogP contribution is 2.28. The molecule has 1 amide bonds. The van der Waals surface area contributed by atoms with Gasteiger partial charge in [0.25, 0.3) is 5.91 Å². The zero-order valence-electron chi connectivity index (χ0n) is 11.1. The molecule has 1 N–H and O–H groups in total. The number of rotatable bonds is 4. The Morgan fingerprint density at radius 1 is 1.58 bits per heavy atom. The van der Waals surface area contributed by atoms with Crippen molar-refractivity contribution in [3.8, 4) is 11.8 Å². The van der Waals surface area contributed by atoms with Gasteiger partial charge in [0, 0.05) is 6.54 Å². The molecule has 2 rings (SSSR count). The number of likely N-dealkylation sites (N-methyl/N-ethyl adjacent to an activating group) is 1. The van der Waals surface area contributed by atoms with Gasteiger partial charge in [-0.25, -0.2) is 0 Å². The maximum atomic E-state index is 11.3. The molecule has 0 saturated heterocycles. The Morgan fingerprint density at radius 3 is 3.11 bits per heavy atom. The Balaban J connectivity index is 2.01. The van der Waals surface area contributed by atoms with Crippen molar-refractivity contribution in [2.45, 2.75) is 19.4 Å². The third-order valence-electron chi connectivity index (χ3n) is 3.28. The van der Waals surface area contributed by atoms with Crippen molar-refractivity contribution in [2.24, 2.45) is 0 Å². The lowest BCUT2D eigenvalue weighted by Gasteiger charge is -2.20. The van der Waals surface area contributed by atoms with E-state index in [0.717, 1.165) is 24.2 Å². The average Bonchev–Trinajstić information content (AvgIpc) is 2.43. The molecule has 0 radical (unpaired) electrons. The number of nitrogens with zero attached hydrogens (tertiary/aromatic N) is 2. The van der Waals surface area contributed by atoms with E-state index in [1.807, 2.05) is 37.1 Å². The fourth-order valence-electron chi connectivity index (χ4n) is 1.88. The number of nitrogens with one attached hydrogen (secondary N) is 1. The first-order valence-corrected chi connectivity index (χ1v) is 6.25. The SMILES string of the molecule is CC(C#N)N(C)CCc1ccc2c(c1)NC(=O)CO2. The largest absolute Gasteiger partial charge is 0.482 e. The Labute approximate surface area is 112 Å². The van der Waals surface area contributed by atoms with Crippen LogP contribution in [-0.2, 0) is 11.2 Å². The van der Waals surface area contributed by atoms with Crippen LogP contribution in [0.4, 0.5) is 5.69 Å². The fraction of sp³-hybridized carbons (Fsp3) is 0.429. The summed E-state index contributed by atoms with van der Waals surface area (Å²) in [5.74, 6) is 0.585. The molecule has 0 spiro atoms. The number of carbonyl (C=O) groups excluding carboxylic acids is 1. The molecule has 0 bridgehead atoms. The van der Waals surface area contributed by atoms with E-state index >= 15 is 0 Å². The maximum absolute atomic E-state index is 11.3. The van der Waals surface area contributed by atoms with Gasteiger partial charge in [-0.1, -0.05) is 6.07 Å². The van der Waals surface area contributed by atoms with Crippen LogP contribution in [0.2, 0.25) is 0 Å². The van der Waals surface area contributed by atoms with Crippen LogP contribution in [0.25, 0.3) is 0 Å². The number of hydrogen-bond acceptors (Lipinski definition) is 4. The van der Waals surface area contributed by atoms with Crippen molar-refractivity contribution < 1.29 is 9.53 Å². The van der Waals surface area contributed by atoms with E-state index < -0.39 is 0 Å². The molecule has 1 heterocycles. The Kier molecular flexibility index (Phi) is 4.03. The molecular weight excluding hydrogens is 242 g/mol. The second-order valence-corrected chi connectivity index (χ2v) is 4.70. The molecule has 5 nitrogen and oxygen atoms in total. The minimum absolute atomic E-state index is 0.0781. The third-order valence-corrected chi connectivity index (χ3v) is 3.28. The number of amides is 1. The first kappa shape index (κ1) is 13.4. The van der Waals surface area contributed by atoms with Gasteiger partial charge in [-0.05, 0) is 38.1 Å². The summed E-state index contributed by atoms with van der Waals surface area (Å²) in [6, 6.07) is 7.90. The van der Waals surface area contributed by atoms with Crippen LogP contribution < -0.4 is 10.1 Å². The van der Waals surface area contributed by atoms with E-state index in [-0.39, 0.29) is 18.6 Å². The normalized spacial score (nSPS) is 15.2. The molecule has 0 fully saturated rings. The summed E-state index contributed by atoms with van der Waals surface area (Å²) in [6.07, 6.45) is 0.825. The molecule has 1 aliphatic heterocycles. The number of fused-ring (bicyclic) bond motifs is 1. The van der Waals surface area contributed by atoms with Gasteiger partial charge in [0.15, 0.2) is 6.61 Å². The zero-order chi connectivity index (χ0) is 13.8. The summed E-state index contributed by atoms with van der Waals surface area (Å²) in [4.78, 5) is 13.2. The monoisotopic (exact) mass is 259 g/mol. The lowest BCUT2D eigenvalue weighted by molar-refractivity contribution is -0.118. The average molecular weight is 259 g/mol. The molecule has 0 saturated carbocycles. The lowest BCUT2D eigenvalue weighted by Crippen LogP contribution is -2.29. The van der Waals surface area contributed by atoms with Crippen molar-refractivity contribution >= 4 is 11.6 Å². The van der Waals surface area contributed by atoms with Gasteiger partial charge in [0.1, 0.15) is 5.75 Å². The van der Waals surface area contributed by atoms with E-state index in [2.05, 4.69) is 11.4 Å². The van der Waals surface area contributed by atoms with Crippen LogP contribution in [0.5, 0.6) is 5.75 Å². The van der Waals surface area contributed by atoms with E-state index in [9.17, 15) is 4.79 Å². The summed E-state index contributed by atoms with van der Waals surface area (Å²) < 4.78 is 5.31. The quantitative estimate of drug-likeness (QED) is 0.887. The number of ether oxygens (including phenoxy) is 1. The second-order valence-electron chi connectivity index (χ2n) is 4.70. The molecule has 1 atom stereocenters. The molecule has 1 unspecified atom stereocenters. The number of hydrogen-bond donors (Lipinski definition) is 1. The molecule has 1 aromatic carbocycles. The Bertz CT molecular complexity index is 522. The number of anilines is 1. The Hall–Kier alpha value is -2.06. The van der Waals surface area contributed by atoms with Gasteiger partial charge in [-0.3, -0.25) is 9.69 Å². The summed E-state index contributed by atoms with van der Waals surface area (Å²) in [5, 5.41) is 11.6. The van der Waals surface area contributed by atoms with Crippen molar-refractivity contribution in [3.63, 3.8) is 0 Å². The number of carbonyl (C=O) groups is 1. The topological polar surface area (TPSA) is 65.4 Å². The van der Waals surface area contributed by atoms with Crippen LogP contribution in [0.1, 0.15) is 12.5 Å². The zero-order valence-corrected chi connectivity index (χ0v) is 11.1. The standard InChI is InChI=1S/C14H17N3O2/c1-10(8-15)17(2)6-5-11-3-4-13-12(7-11)16-14(18)9-19-13/h3-4,7,10H,5-6,9H2,1-2H3,(H,16,18). The predicted octanol–water partition coefficient (Wildman–Crippen LogP) is 1.40. The summed E-state index contributed by atoms with van der Waals surface area (Å²) in [5.41, 5.74) is 1.84. The molecule has 1 aliphatic rings. The first-order chi connectivity index (χ1) is 9.10. The molecule has 0 aromatic heterocycles. The predicted molar refractivity (Wildman–Crippen MR) is 72.0 cm³/mol. The van der Waals surface area contributed by atoms with E-state index in [0.29, 0.717) is 5.75 Å². The highest BCUT2D eigenvalue weighted by Gasteiger charge is 2.16. The molecule has 5 heteroatoms. The molecular formula is C14H17N3O2. The number of benzene rings is 1. The van der Waals surface area contributed by atoms with Crippen molar-refractivity contribution in [3.05, 3.63) is 23.8 Å². The minimum Gasteiger partial charge on any atom is -0.482 e. The second kappa shape index (κ2) is 5.72. The summed E-state index contributed by atoms with van der Waals surface area (Å²) in [7, 11) is 1.93. The molecule has 100 valence electrons. The summed E-state index contributed by atoms with van der Waals surface area (Å²) >= 11 is 0. The minimum atomic E-state index is -0.125. The maximum Gasteiger partial charge on any atom is 0.262 e. The van der Waals surface area contributed by atoms with Crippen molar-refractivity contribution in [1.29, 1.82) is 5.26 Å². The molecule has 1 aromatic rings. The molecule has 19 heavy (non-hydrogen) atoms. The van der Waals surface area contributed by atoms with Gasteiger partial charge in [0.2, 0.25) is 0 Å². The van der Waals surface area contributed by atoms with Gasteiger partial charge >= 0.3 is 0 Å². The van der Waals surface area contributed by atoms with Crippen LogP contribution in [0, 0.1) is 11.3 Å². The van der Waals surface area contributed by atoms with Crippen LogP contribution in [-0.4, -0.2) is 37.0 Å². The van der Waals surface area contributed by atoms with Crippen LogP contribution >= 0.6 is 0 Å². The van der Waals surface area contributed by atoms with E-state index in [1.165, 1.54) is 0 Å². The van der Waals surface area contributed by atoms with Crippen molar-refractivity contribution in [1.82, 2.24) is 4.90 Å². The third kappa shape index (κ3) is 3.24. The Morgan fingerprint density at radius 2 is 2.37 bits per heavy atom. The van der Waals surface area contributed by atoms with Gasteiger partial charge < -0.3 is 10.1 Å². The first-order valence-electron chi connectivity index (χ1n) is 6.25. The van der Waals surface area contributed by atoms with E-state index in [4.69, 9.17) is 10.00 Å². The van der Waals surface area contributed by atoms with Crippen LogP contribution in [0.15, 0.2) is 18.2 Å². The summed E-state index contributed by atoms with van der Waals surface area (Å²) in [6.45, 7) is 2.75. The lowest BCUT2D eigenvalue weighted by atomic mass is 10.1. The number of nitriles is 1. The van der Waals surface area contributed by atoms with E-state index in [1.54, 1.807) is 0 Å². The molecule has 0 aliphatic carbocycles. The van der Waals surface area contributed by atoms with Gasteiger partial charge in [-0.2, -0.15) is 5.26 Å². The highest BCUT2D eigenvalue weighted by molar-refractivity contribution is 5.95. The smallest absolute Gasteiger partial charge is 0.262 e. The van der Waals surface area contributed by atoms with Gasteiger partial charge in [-0.15, -0.1) is 0 Å². The van der Waals surface area contributed by atoms with Crippen molar-refractivity contribution in [2.75, 3.05) is 25.5 Å². The highest BCUT2D eigenvalue weighted by atomic mass is 16.5. The fourth-order valence-corrected chi connectivity index (χ4v) is 1.88.